The van der Waals surface area contributed by atoms with Crippen LogP contribution in [-0.2, 0) is 19.1 Å². The topological polar surface area (TPSA) is 81.9 Å². The first-order chi connectivity index (χ1) is 9.06. The molecule has 0 saturated carbocycles. The van der Waals surface area contributed by atoms with E-state index in [2.05, 4.69) is 4.74 Å². The van der Waals surface area contributed by atoms with Crippen LogP contribution in [0.3, 0.4) is 0 Å². The van der Waals surface area contributed by atoms with Gasteiger partial charge in [0.1, 0.15) is 0 Å². The molecule has 2 heterocycles. The number of alkyl halides is 3. The fourth-order valence-electron chi connectivity index (χ4n) is 2.34. The second-order valence-electron chi connectivity index (χ2n) is 5.25. The average Bonchev–Trinajstić information content (AvgIpc) is 2.70. The predicted molar refractivity (Wildman–Crippen MR) is 59.2 cm³/mol. The maximum absolute atomic E-state index is 12.1. The van der Waals surface area contributed by atoms with Crippen LogP contribution in [0.1, 0.15) is 19.8 Å². The highest BCUT2D eigenvalue weighted by Gasteiger charge is 2.51. The van der Waals surface area contributed by atoms with Crippen LogP contribution in [0.15, 0.2) is 0 Å². The molecular weight excluding hydrogens is 281 g/mol. The van der Waals surface area contributed by atoms with Crippen molar-refractivity contribution in [3.63, 3.8) is 0 Å². The van der Waals surface area contributed by atoms with Gasteiger partial charge < -0.3 is 14.4 Å². The van der Waals surface area contributed by atoms with Crippen LogP contribution in [0.4, 0.5) is 13.2 Å². The Kier molecular flexibility index (Phi) is 3.45. The Morgan fingerprint density at radius 2 is 1.95 bits per heavy atom. The van der Waals surface area contributed by atoms with E-state index in [1.54, 1.807) is 0 Å². The van der Waals surface area contributed by atoms with E-state index >= 15 is 0 Å². The Balaban J connectivity index is 1.99. The summed E-state index contributed by atoms with van der Waals surface area (Å²) in [4.78, 5) is 24.1. The van der Waals surface area contributed by atoms with E-state index in [4.69, 9.17) is 10.5 Å². The number of rotatable bonds is 2. The maximum Gasteiger partial charge on any atom is 0.491 e. The van der Waals surface area contributed by atoms with Crippen molar-refractivity contribution in [3.8, 4) is 0 Å². The van der Waals surface area contributed by atoms with Crippen molar-refractivity contribution in [2.45, 2.75) is 37.3 Å². The molecule has 9 heteroatoms. The second-order valence-corrected chi connectivity index (χ2v) is 5.25. The molecule has 2 saturated heterocycles. The number of likely N-dealkylation sites (tertiary alicyclic amines) is 1. The van der Waals surface area contributed by atoms with Crippen LogP contribution in [-0.4, -0.2) is 54.0 Å². The first kappa shape index (κ1) is 15.0. The molecule has 0 aromatic rings. The number of nitrogens with two attached hydrogens (primary N) is 1. The molecule has 0 aromatic carbocycles. The number of ether oxygens (including phenoxy) is 2. The first-order valence-electron chi connectivity index (χ1n) is 6.08. The summed E-state index contributed by atoms with van der Waals surface area (Å²) in [7, 11) is 0. The lowest BCUT2D eigenvalue weighted by atomic mass is 9.94. The first-order valence-corrected chi connectivity index (χ1v) is 6.08. The number of esters is 1. The van der Waals surface area contributed by atoms with Gasteiger partial charge in [-0.1, -0.05) is 0 Å². The molecule has 2 aliphatic heterocycles. The molecule has 1 spiro atoms. The van der Waals surface area contributed by atoms with Crippen LogP contribution < -0.4 is 5.73 Å². The number of carbonyl (C=O) groups excluding carboxylic acids is 2. The third-order valence-electron chi connectivity index (χ3n) is 3.53. The Bertz CT molecular complexity index is 432. The van der Waals surface area contributed by atoms with E-state index in [1.165, 1.54) is 4.90 Å². The van der Waals surface area contributed by atoms with Gasteiger partial charge in [-0.2, -0.15) is 13.2 Å². The highest BCUT2D eigenvalue weighted by atomic mass is 19.4. The highest BCUT2D eigenvalue weighted by molar-refractivity contribution is 5.88. The predicted octanol–water partition coefficient (Wildman–Crippen LogP) is 0.158. The fraction of sp³-hybridized carbons (Fsp3) is 0.818. The lowest BCUT2D eigenvalue weighted by Gasteiger charge is -2.38. The van der Waals surface area contributed by atoms with E-state index in [0.29, 0.717) is 19.6 Å². The van der Waals surface area contributed by atoms with E-state index in [-0.39, 0.29) is 6.54 Å². The van der Waals surface area contributed by atoms with Crippen molar-refractivity contribution < 1.29 is 32.2 Å². The number of halogens is 3. The minimum absolute atomic E-state index is 0.252. The number of carbonyl (C=O) groups is 2. The number of hydrogen-bond acceptors (Lipinski definition) is 5. The molecule has 2 rings (SSSR count). The molecule has 20 heavy (non-hydrogen) atoms. The van der Waals surface area contributed by atoms with Crippen molar-refractivity contribution in [2.75, 3.05) is 19.7 Å². The summed E-state index contributed by atoms with van der Waals surface area (Å²) in [6, 6.07) is 0. The average molecular weight is 296 g/mol. The van der Waals surface area contributed by atoms with Crippen LogP contribution in [0, 0.1) is 0 Å². The van der Waals surface area contributed by atoms with Crippen molar-refractivity contribution in [1.82, 2.24) is 4.90 Å². The van der Waals surface area contributed by atoms with E-state index in [0.717, 1.165) is 13.3 Å². The van der Waals surface area contributed by atoms with Gasteiger partial charge in [-0.25, -0.2) is 4.79 Å². The SMILES string of the molecule is C[C@@](N)(OC(=O)C(F)(F)F)C(=O)N1CC[C@@]2(CCO2)C1. The van der Waals surface area contributed by atoms with E-state index in [9.17, 15) is 22.8 Å². The van der Waals surface area contributed by atoms with E-state index in [1.807, 2.05) is 0 Å². The van der Waals surface area contributed by atoms with Gasteiger partial charge >= 0.3 is 12.1 Å². The normalized spacial score (nSPS) is 28.9. The molecule has 2 fully saturated rings. The maximum atomic E-state index is 12.1. The molecule has 0 bridgehead atoms. The van der Waals surface area contributed by atoms with Gasteiger partial charge in [-0.05, 0) is 13.3 Å². The Morgan fingerprint density at radius 3 is 2.35 bits per heavy atom. The second kappa shape index (κ2) is 4.59. The molecule has 0 aromatic heterocycles. The molecular formula is C11H15F3N2O4. The van der Waals surface area contributed by atoms with Crippen molar-refractivity contribution in [1.29, 1.82) is 0 Å². The molecule has 2 aliphatic rings. The van der Waals surface area contributed by atoms with Crippen molar-refractivity contribution in [3.05, 3.63) is 0 Å². The molecule has 114 valence electrons. The number of amides is 1. The Morgan fingerprint density at radius 1 is 1.35 bits per heavy atom. The highest BCUT2D eigenvalue weighted by Crippen LogP contribution is 2.36. The summed E-state index contributed by atoms with van der Waals surface area (Å²) < 4.78 is 45.9. The third kappa shape index (κ3) is 2.73. The zero-order chi connectivity index (χ0) is 15.2. The van der Waals surface area contributed by atoms with Gasteiger partial charge in [0.25, 0.3) is 5.91 Å². The third-order valence-corrected chi connectivity index (χ3v) is 3.53. The summed E-state index contributed by atoms with van der Waals surface area (Å²) >= 11 is 0. The monoisotopic (exact) mass is 296 g/mol. The lowest BCUT2D eigenvalue weighted by molar-refractivity contribution is -0.214. The minimum atomic E-state index is -5.19. The van der Waals surface area contributed by atoms with Gasteiger partial charge in [0.2, 0.25) is 5.72 Å². The van der Waals surface area contributed by atoms with Crippen molar-refractivity contribution in [2.24, 2.45) is 5.73 Å². The zero-order valence-corrected chi connectivity index (χ0v) is 10.8. The quantitative estimate of drug-likeness (QED) is 0.580. The Labute approximate surface area is 113 Å². The van der Waals surface area contributed by atoms with Gasteiger partial charge in [-0.15, -0.1) is 0 Å². The summed E-state index contributed by atoms with van der Waals surface area (Å²) in [5, 5.41) is 0. The minimum Gasteiger partial charge on any atom is -0.428 e. The largest absolute Gasteiger partial charge is 0.491 e. The van der Waals surface area contributed by atoms with Gasteiger partial charge in [0.05, 0.1) is 12.2 Å². The standard InChI is InChI=1S/C11H15F3N2O4/c1-9(15,20-8(18)11(12,13)14)7(17)16-4-2-10(6-16)3-5-19-10/h2-6,15H2,1H3/t9-,10-/m1/s1. The lowest BCUT2D eigenvalue weighted by Crippen LogP contribution is -2.58. The van der Waals surface area contributed by atoms with E-state index < -0.39 is 29.4 Å². The van der Waals surface area contributed by atoms with Crippen LogP contribution in [0.5, 0.6) is 0 Å². The molecule has 0 unspecified atom stereocenters. The molecule has 6 nitrogen and oxygen atoms in total. The van der Waals surface area contributed by atoms with Crippen LogP contribution >= 0.6 is 0 Å². The summed E-state index contributed by atoms with van der Waals surface area (Å²) in [6.07, 6.45) is -3.80. The number of nitrogens with zero attached hydrogens (tertiary/aromatic N) is 1. The van der Waals surface area contributed by atoms with Gasteiger partial charge in [0.15, 0.2) is 0 Å². The fourth-order valence-corrected chi connectivity index (χ4v) is 2.34. The van der Waals surface area contributed by atoms with Crippen LogP contribution in [0.25, 0.3) is 0 Å². The van der Waals surface area contributed by atoms with Crippen molar-refractivity contribution >= 4 is 11.9 Å². The van der Waals surface area contributed by atoms with Crippen LogP contribution in [0.2, 0.25) is 0 Å². The zero-order valence-electron chi connectivity index (χ0n) is 10.8. The molecule has 1 amide bonds. The Hall–Kier alpha value is -1.35. The number of hydrogen-bond donors (Lipinski definition) is 1. The smallest absolute Gasteiger partial charge is 0.428 e. The van der Waals surface area contributed by atoms with Gasteiger partial charge in [-0.3, -0.25) is 10.5 Å². The summed E-state index contributed by atoms with van der Waals surface area (Å²) in [5.41, 5.74) is 2.66. The van der Waals surface area contributed by atoms with Gasteiger partial charge in [0, 0.05) is 19.5 Å². The summed E-state index contributed by atoms with van der Waals surface area (Å²) in [5.74, 6) is -3.34. The molecule has 0 aliphatic carbocycles. The molecule has 2 atom stereocenters. The molecule has 0 radical (unpaired) electrons. The molecule has 2 N–H and O–H groups in total. The summed E-state index contributed by atoms with van der Waals surface area (Å²) in [6.45, 7) is 2.11.